The molecule has 6 rings (SSSR count). The van der Waals surface area contributed by atoms with E-state index < -0.39 is 11.7 Å². The number of ether oxygens (including phenoxy) is 1. The Morgan fingerprint density at radius 2 is 1.90 bits per heavy atom. The highest BCUT2D eigenvalue weighted by molar-refractivity contribution is 6.14. The van der Waals surface area contributed by atoms with Crippen LogP contribution < -0.4 is 20.3 Å². The molecule has 0 radical (unpaired) electrons. The van der Waals surface area contributed by atoms with Crippen molar-refractivity contribution >= 4 is 45.0 Å². The average Bonchev–Trinajstić information content (AvgIpc) is 3.53. The summed E-state index contributed by atoms with van der Waals surface area (Å²) in [5.74, 6) is -0.950. The maximum Gasteiger partial charge on any atom is 0.317 e. The van der Waals surface area contributed by atoms with Crippen molar-refractivity contribution in [3.05, 3.63) is 48.0 Å². The first kappa shape index (κ1) is 26.9. The van der Waals surface area contributed by atoms with E-state index in [1.807, 2.05) is 6.07 Å². The molecule has 2 fully saturated rings. The fourth-order valence-electron chi connectivity index (χ4n) is 5.87. The summed E-state index contributed by atoms with van der Waals surface area (Å²) in [6.07, 6.45) is 3.83. The lowest BCUT2D eigenvalue weighted by molar-refractivity contribution is -0.128. The van der Waals surface area contributed by atoms with Gasteiger partial charge < -0.3 is 25.2 Å². The van der Waals surface area contributed by atoms with Crippen LogP contribution in [0.15, 0.2) is 36.7 Å². The number of carbonyl (C=O) groups excluding carboxylic acids is 2. The summed E-state index contributed by atoms with van der Waals surface area (Å²) < 4.78 is 22.3. The van der Waals surface area contributed by atoms with E-state index in [0.717, 1.165) is 24.2 Å². The molecule has 2 aromatic heterocycles. The van der Waals surface area contributed by atoms with Gasteiger partial charge in [-0.15, -0.1) is 0 Å². The Morgan fingerprint density at radius 3 is 2.63 bits per heavy atom. The SMILES string of the molecule is CC(=O)N1CCC(Oc2ncc3c(N4C[C@H](C)N[C@@H](C)C4)ccc(C(=O)Nc4cc(F)c5nn(C)cc5c4)c3n2)C1. The number of anilines is 2. The molecule has 2 N–H and O–H groups in total. The Labute approximate surface area is 236 Å². The number of carbonyl (C=O) groups is 2. The second-order valence-corrected chi connectivity index (χ2v) is 11.1. The minimum atomic E-state index is -0.519. The summed E-state index contributed by atoms with van der Waals surface area (Å²) in [5.41, 5.74) is 2.24. The van der Waals surface area contributed by atoms with Crippen LogP contribution in [0, 0.1) is 5.82 Å². The zero-order valence-electron chi connectivity index (χ0n) is 23.5. The molecule has 0 bridgehead atoms. The summed E-state index contributed by atoms with van der Waals surface area (Å²) in [6, 6.07) is 7.31. The number of nitrogens with zero attached hydrogens (tertiary/aromatic N) is 6. The first-order valence-corrected chi connectivity index (χ1v) is 13.8. The minimum Gasteiger partial charge on any atom is -0.458 e. The van der Waals surface area contributed by atoms with Crippen LogP contribution in [0.2, 0.25) is 0 Å². The van der Waals surface area contributed by atoms with Crippen molar-refractivity contribution in [1.82, 2.24) is 30.0 Å². The third-order valence-electron chi connectivity index (χ3n) is 7.65. The number of fused-ring (bicyclic) bond motifs is 2. The molecule has 11 nitrogen and oxygen atoms in total. The lowest BCUT2D eigenvalue weighted by Gasteiger charge is -2.38. The Kier molecular flexibility index (Phi) is 6.94. The molecule has 3 atom stereocenters. The zero-order chi connectivity index (χ0) is 28.8. The first-order chi connectivity index (χ1) is 19.6. The standard InChI is InChI=1S/C29H33FN8O3/c1-16-12-38(13-17(2)32-16)25-6-5-22(28(40)33-20-9-19-14-36(4)35-26(19)24(30)10-20)27-23(25)11-31-29(34-27)41-21-7-8-37(15-21)18(3)39/h5-6,9-11,14,16-17,21,32H,7-8,12-13,15H2,1-4H3,(H,33,40)/t16-,17-,21?/m0/s1. The van der Waals surface area contributed by atoms with Gasteiger partial charge in [0.15, 0.2) is 5.82 Å². The Morgan fingerprint density at radius 1 is 1.12 bits per heavy atom. The highest BCUT2D eigenvalue weighted by Crippen LogP contribution is 2.32. The lowest BCUT2D eigenvalue weighted by Crippen LogP contribution is -2.54. The van der Waals surface area contributed by atoms with Gasteiger partial charge in [0.25, 0.3) is 5.91 Å². The van der Waals surface area contributed by atoms with Gasteiger partial charge in [0.1, 0.15) is 11.6 Å². The second-order valence-electron chi connectivity index (χ2n) is 11.1. The number of aryl methyl sites for hydroxylation is 1. The van der Waals surface area contributed by atoms with Crippen molar-refractivity contribution in [3.63, 3.8) is 0 Å². The molecular weight excluding hydrogens is 527 g/mol. The number of piperazine rings is 1. The largest absolute Gasteiger partial charge is 0.458 e. The second kappa shape index (κ2) is 10.6. The highest BCUT2D eigenvalue weighted by Gasteiger charge is 2.28. The number of halogens is 1. The van der Waals surface area contributed by atoms with Crippen LogP contribution >= 0.6 is 0 Å². The van der Waals surface area contributed by atoms with Crippen LogP contribution in [0.3, 0.4) is 0 Å². The number of aromatic nitrogens is 4. The molecule has 1 unspecified atom stereocenters. The minimum absolute atomic E-state index is 0.000449. The quantitative estimate of drug-likeness (QED) is 0.383. The average molecular weight is 561 g/mol. The lowest BCUT2D eigenvalue weighted by atomic mass is 10.0. The number of hydrogen-bond donors (Lipinski definition) is 2. The van der Waals surface area contributed by atoms with Gasteiger partial charge in [-0.25, -0.2) is 9.37 Å². The maximum atomic E-state index is 14.7. The predicted molar refractivity (Wildman–Crippen MR) is 154 cm³/mol. The topological polar surface area (TPSA) is 118 Å². The van der Waals surface area contributed by atoms with Gasteiger partial charge in [0, 0.05) is 86.7 Å². The molecule has 12 heteroatoms. The molecular formula is C29H33FN8O3. The van der Waals surface area contributed by atoms with Crippen LogP contribution in [0.5, 0.6) is 6.01 Å². The third-order valence-corrected chi connectivity index (χ3v) is 7.65. The van der Waals surface area contributed by atoms with Gasteiger partial charge in [-0.05, 0) is 38.1 Å². The maximum absolute atomic E-state index is 14.7. The van der Waals surface area contributed by atoms with E-state index in [1.165, 1.54) is 17.7 Å². The fraction of sp³-hybridized carbons (Fsp3) is 0.414. The van der Waals surface area contributed by atoms with E-state index in [9.17, 15) is 14.0 Å². The molecule has 2 saturated heterocycles. The van der Waals surface area contributed by atoms with Gasteiger partial charge >= 0.3 is 6.01 Å². The van der Waals surface area contributed by atoms with Gasteiger partial charge in [-0.3, -0.25) is 14.3 Å². The summed E-state index contributed by atoms with van der Waals surface area (Å²) in [7, 11) is 1.72. The first-order valence-electron chi connectivity index (χ1n) is 13.8. The molecule has 0 spiro atoms. The molecule has 2 aliphatic heterocycles. The van der Waals surface area contributed by atoms with Crippen molar-refractivity contribution in [2.24, 2.45) is 7.05 Å². The number of rotatable bonds is 5. The Hall–Kier alpha value is -4.32. The van der Waals surface area contributed by atoms with E-state index in [4.69, 9.17) is 9.72 Å². The molecule has 2 aliphatic rings. The molecule has 0 aliphatic carbocycles. The van der Waals surface area contributed by atoms with E-state index in [1.54, 1.807) is 36.5 Å². The van der Waals surface area contributed by atoms with Crippen LogP contribution in [0.4, 0.5) is 15.8 Å². The van der Waals surface area contributed by atoms with Crippen molar-refractivity contribution in [3.8, 4) is 6.01 Å². The van der Waals surface area contributed by atoms with E-state index in [0.29, 0.717) is 41.7 Å². The molecule has 2 aromatic carbocycles. The van der Waals surface area contributed by atoms with Crippen LogP contribution in [0.25, 0.3) is 21.8 Å². The van der Waals surface area contributed by atoms with Gasteiger partial charge in [0.05, 0.1) is 17.6 Å². The molecule has 0 saturated carbocycles. The molecule has 4 aromatic rings. The number of likely N-dealkylation sites (tertiary alicyclic amines) is 1. The molecule has 214 valence electrons. The molecule has 4 heterocycles. The summed E-state index contributed by atoms with van der Waals surface area (Å²) >= 11 is 0. The number of hydrogen-bond acceptors (Lipinski definition) is 8. The molecule has 41 heavy (non-hydrogen) atoms. The fourth-order valence-corrected chi connectivity index (χ4v) is 5.87. The number of amides is 2. The van der Waals surface area contributed by atoms with Gasteiger partial charge in [0.2, 0.25) is 5.91 Å². The highest BCUT2D eigenvalue weighted by atomic mass is 19.1. The summed E-state index contributed by atoms with van der Waals surface area (Å²) in [4.78, 5) is 38.6. The molecule has 2 amide bonds. The van der Waals surface area contributed by atoms with Crippen molar-refractivity contribution in [2.45, 2.75) is 45.4 Å². The van der Waals surface area contributed by atoms with E-state index in [-0.39, 0.29) is 35.6 Å². The Bertz CT molecular complexity index is 1650. The van der Waals surface area contributed by atoms with E-state index >= 15 is 0 Å². The number of nitrogens with one attached hydrogen (secondary N) is 2. The Balaban J connectivity index is 1.36. The van der Waals surface area contributed by atoms with Crippen LogP contribution in [-0.2, 0) is 11.8 Å². The monoisotopic (exact) mass is 560 g/mol. The number of benzene rings is 2. The van der Waals surface area contributed by atoms with Crippen LogP contribution in [-0.4, -0.2) is 80.8 Å². The smallest absolute Gasteiger partial charge is 0.317 e. The van der Waals surface area contributed by atoms with Crippen molar-refractivity contribution in [2.75, 3.05) is 36.4 Å². The van der Waals surface area contributed by atoms with Crippen molar-refractivity contribution < 1.29 is 18.7 Å². The normalized spacial score (nSPS) is 21.0. The van der Waals surface area contributed by atoms with Gasteiger partial charge in [-0.1, -0.05) is 0 Å². The van der Waals surface area contributed by atoms with Crippen LogP contribution in [0.1, 0.15) is 37.6 Å². The summed E-state index contributed by atoms with van der Waals surface area (Å²) in [6.45, 7) is 8.47. The van der Waals surface area contributed by atoms with Crippen molar-refractivity contribution in [1.29, 1.82) is 0 Å². The van der Waals surface area contributed by atoms with E-state index in [2.05, 4.69) is 39.5 Å². The summed E-state index contributed by atoms with van der Waals surface area (Å²) in [5, 5.41) is 11.8. The van der Waals surface area contributed by atoms with Gasteiger partial charge in [-0.2, -0.15) is 10.1 Å². The zero-order valence-corrected chi connectivity index (χ0v) is 23.5. The predicted octanol–water partition coefficient (Wildman–Crippen LogP) is 3.09. The third kappa shape index (κ3) is 5.39.